The van der Waals surface area contributed by atoms with E-state index in [2.05, 4.69) is 29.5 Å². The molecule has 0 aliphatic heterocycles. The second-order valence-corrected chi connectivity index (χ2v) is 2.69. The Morgan fingerprint density at radius 2 is 2.15 bits per heavy atom. The predicted octanol–water partition coefficient (Wildman–Crippen LogP) is 2.03. The van der Waals surface area contributed by atoms with E-state index in [0.717, 1.165) is 6.07 Å². The lowest BCUT2D eigenvalue weighted by atomic mass is 10.3. The number of pyridine rings is 1. The maximum atomic E-state index is 12.8. The van der Waals surface area contributed by atoms with E-state index in [4.69, 9.17) is 0 Å². The van der Waals surface area contributed by atoms with Crippen LogP contribution in [-0.2, 0) is 0 Å². The summed E-state index contributed by atoms with van der Waals surface area (Å²) < 4.78 is 25.1. The Hall–Kier alpha value is -1.08. The average molecular weight is 199 g/mol. The van der Waals surface area contributed by atoms with E-state index in [1.165, 1.54) is 6.07 Å². The Morgan fingerprint density at radius 1 is 1.38 bits per heavy atom. The fraction of sp³-hybridized carbons (Fsp3) is 0.222. The van der Waals surface area contributed by atoms with Gasteiger partial charge in [-0.05, 0) is 12.1 Å². The van der Waals surface area contributed by atoms with Crippen LogP contribution in [0.4, 0.5) is 8.78 Å². The van der Waals surface area contributed by atoms with E-state index in [1.54, 1.807) is 0 Å². The van der Waals surface area contributed by atoms with Crippen LogP contribution >= 0.6 is 12.6 Å². The van der Waals surface area contributed by atoms with Crippen molar-refractivity contribution in [2.24, 2.45) is 0 Å². The van der Waals surface area contributed by atoms with Crippen molar-refractivity contribution in [3.05, 3.63) is 29.6 Å². The molecule has 13 heavy (non-hydrogen) atoms. The summed E-state index contributed by atoms with van der Waals surface area (Å²) in [6.45, 7) is 0. The van der Waals surface area contributed by atoms with Crippen molar-refractivity contribution in [2.75, 3.05) is 5.75 Å². The zero-order valence-corrected chi connectivity index (χ0v) is 7.61. The maximum Gasteiger partial charge on any atom is 0.231 e. The third-order valence-corrected chi connectivity index (χ3v) is 1.50. The summed E-state index contributed by atoms with van der Waals surface area (Å²) in [6.07, 6.45) is 0.569. The molecule has 0 atom stereocenters. The van der Waals surface area contributed by atoms with Crippen LogP contribution in [0.1, 0.15) is 12.0 Å². The molecular formula is C9H7F2NS. The van der Waals surface area contributed by atoms with Gasteiger partial charge >= 0.3 is 0 Å². The smallest absolute Gasteiger partial charge is 0.189 e. The minimum Gasteiger partial charge on any atom is -0.189 e. The molecule has 1 aromatic heterocycles. The van der Waals surface area contributed by atoms with Crippen LogP contribution in [0.15, 0.2) is 12.1 Å². The number of rotatable bonds is 1. The lowest BCUT2D eigenvalue weighted by Crippen LogP contribution is -1.91. The topological polar surface area (TPSA) is 12.9 Å². The van der Waals surface area contributed by atoms with Gasteiger partial charge in [0.25, 0.3) is 0 Å². The van der Waals surface area contributed by atoms with E-state index in [9.17, 15) is 8.78 Å². The molecule has 0 unspecified atom stereocenters. The molecule has 0 aliphatic carbocycles. The van der Waals surface area contributed by atoms with Crippen molar-refractivity contribution in [1.82, 2.24) is 4.98 Å². The van der Waals surface area contributed by atoms with E-state index in [1.807, 2.05) is 0 Å². The summed E-state index contributed by atoms with van der Waals surface area (Å²) >= 11 is 3.94. The van der Waals surface area contributed by atoms with Gasteiger partial charge in [0, 0.05) is 12.2 Å². The van der Waals surface area contributed by atoms with Crippen molar-refractivity contribution in [3.63, 3.8) is 0 Å². The predicted molar refractivity (Wildman–Crippen MR) is 49.5 cm³/mol. The molecule has 0 aliphatic rings. The van der Waals surface area contributed by atoms with Gasteiger partial charge in [-0.1, -0.05) is 11.8 Å². The molecule has 0 saturated carbocycles. The summed E-state index contributed by atoms with van der Waals surface area (Å²) in [4.78, 5) is 3.00. The fourth-order valence-corrected chi connectivity index (χ4v) is 0.831. The van der Waals surface area contributed by atoms with E-state index >= 15 is 0 Å². The van der Waals surface area contributed by atoms with Crippen molar-refractivity contribution >= 4 is 12.6 Å². The standard InChI is InChI=1S/C9H7F2NS/c10-8-5-4-7(9(11)12-8)3-1-2-6-13/h4-5,13H,2,6H2. The first-order valence-corrected chi connectivity index (χ1v) is 4.29. The molecule has 0 spiro atoms. The van der Waals surface area contributed by atoms with Crippen LogP contribution in [0.5, 0.6) is 0 Å². The van der Waals surface area contributed by atoms with Crippen LogP contribution in [0.3, 0.4) is 0 Å². The summed E-state index contributed by atoms with van der Waals surface area (Å²) in [5.41, 5.74) is 0.114. The van der Waals surface area contributed by atoms with Crippen molar-refractivity contribution < 1.29 is 8.78 Å². The monoisotopic (exact) mass is 199 g/mol. The zero-order chi connectivity index (χ0) is 9.68. The Morgan fingerprint density at radius 3 is 2.77 bits per heavy atom. The van der Waals surface area contributed by atoms with Crippen molar-refractivity contribution in [1.29, 1.82) is 0 Å². The summed E-state index contributed by atoms with van der Waals surface area (Å²) in [5, 5.41) is 0. The van der Waals surface area contributed by atoms with Crippen LogP contribution in [0, 0.1) is 23.7 Å². The lowest BCUT2D eigenvalue weighted by molar-refractivity contribution is 0.510. The number of nitrogens with zero attached hydrogens (tertiary/aromatic N) is 1. The molecule has 0 radical (unpaired) electrons. The third kappa shape index (κ3) is 3.03. The number of thiol groups is 1. The Labute approximate surface area is 80.6 Å². The molecule has 0 bridgehead atoms. The van der Waals surface area contributed by atoms with Gasteiger partial charge in [0.2, 0.25) is 11.9 Å². The largest absolute Gasteiger partial charge is 0.231 e. The minimum atomic E-state index is -0.869. The van der Waals surface area contributed by atoms with E-state index < -0.39 is 11.9 Å². The van der Waals surface area contributed by atoms with Gasteiger partial charge in [0.05, 0.1) is 5.56 Å². The molecule has 1 aromatic rings. The molecule has 0 N–H and O–H groups in total. The van der Waals surface area contributed by atoms with E-state index in [-0.39, 0.29) is 5.56 Å². The molecule has 0 saturated heterocycles. The SMILES string of the molecule is Fc1ccc(C#CCCS)c(F)n1. The van der Waals surface area contributed by atoms with Crippen LogP contribution in [0.2, 0.25) is 0 Å². The first-order chi connectivity index (χ1) is 6.24. The molecule has 4 heteroatoms. The quantitative estimate of drug-likeness (QED) is 0.415. The number of halogens is 2. The van der Waals surface area contributed by atoms with Gasteiger partial charge in [-0.2, -0.15) is 26.4 Å². The number of hydrogen-bond donors (Lipinski definition) is 1. The van der Waals surface area contributed by atoms with Gasteiger partial charge in [0.15, 0.2) is 0 Å². The molecular weight excluding hydrogens is 192 g/mol. The highest BCUT2D eigenvalue weighted by Gasteiger charge is 2.00. The van der Waals surface area contributed by atoms with Gasteiger partial charge in [-0.3, -0.25) is 0 Å². The molecule has 0 aromatic carbocycles. The highest BCUT2D eigenvalue weighted by atomic mass is 32.1. The third-order valence-electron chi connectivity index (χ3n) is 1.27. The number of hydrogen-bond acceptors (Lipinski definition) is 2. The Bertz CT molecular complexity index is 354. The highest BCUT2D eigenvalue weighted by Crippen LogP contribution is 2.03. The highest BCUT2D eigenvalue weighted by molar-refractivity contribution is 7.80. The summed E-state index contributed by atoms with van der Waals surface area (Å²) in [5.74, 6) is 4.13. The van der Waals surface area contributed by atoms with Crippen molar-refractivity contribution in [3.8, 4) is 11.8 Å². The first-order valence-electron chi connectivity index (χ1n) is 3.66. The second-order valence-electron chi connectivity index (χ2n) is 2.25. The summed E-state index contributed by atoms with van der Waals surface area (Å²) in [7, 11) is 0. The normalized spacial score (nSPS) is 9.15. The van der Waals surface area contributed by atoms with Gasteiger partial charge in [-0.25, -0.2) is 0 Å². The van der Waals surface area contributed by atoms with Gasteiger partial charge < -0.3 is 0 Å². The Balaban J connectivity index is 2.85. The summed E-state index contributed by atoms with van der Waals surface area (Å²) in [6, 6.07) is 2.34. The average Bonchev–Trinajstić information content (AvgIpc) is 2.09. The first kappa shape index (κ1) is 10.0. The maximum absolute atomic E-state index is 12.8. The Kier molecular flexibility index (Phi) is 3.71. The molecule has 0 fully saturated rings. The minimum absolute atomic E-state index is 0.114. The van der Waals surface area contributed by atoms with Gasteiger partial charge in [-0.15, -0.1) is 0 Å². The fourth-order valence-electron chi connectivity index (χ4n) is 0.719. The lowest BCUT2D eigenvalue weighted by Gasteiger charge is -1.91. The van der Waals surface area contributed by atoms with Crippen molar-refractivity contribution in [2.45, 2.75) is 6.42 Å². The van der Waals surface area contributed by atoms with Crippen LogP contribution < -0.4 is 0 Å². The molecule has 68 valence electrons. The second kappa shape index (κ2) is 4.83. The van der Waals surface area contributed by atoms with Gasteiger partial charge in [0.1, 0.15) is 0 Å². The van der Waals surface area contributed by atoms with E-state index in [0.29, 0.717) is 12.2 Å². The molecule has 0 amide bonds. The molecule has 1 heterocycles. The number of aromatic nitrogens is 1. The van der Waals surface area contributed by atoms with Crippen LogP contribution in [-0.4, -0.2) is 10.7 Å². The molecule has 1 nitrogen and oxygen atoms in total. The molecule has 1 rings (SSSR count). The zero-order valence-electron chi connectivity index (χ0n) is 6.72. The van der Waals surface area contributed by atoms with Crippen LogP contribution in [0.25, 0.3) is 0 Å².